The third-order valence-corrected chi connectivity index (χ3v) is 3.25. The van der Waals surface area contributed by atoms with Gasteiger partial charge in [-0.25, -0.2) is 4.39 Å². The van der Waals surface area contributed by atoms with Gasteiger partial charge >= 0.3 is 0 Å². The summed E-state index contributed by atoms with van der Waals surface area (Å²) in [5, 5.41) is 0. The van der Waals surface area contributed by atoms with E-state index in [1.165, 1.54) is 6.07 Å². The Morgan fingerprint density at radius 3 is 2.89 bits per heavy atom. The van der Waals surface area contributed by atoms with Crippen molar-refractivity contribution >= 4 is 11.6 Å². The predicted octanol–water partition coefficient (Wildman–Crippen LogP) is 0.477. The van der Waals surface area contributed by atoms with E-state index in [0.29, 0.717) is 25.4 Å². The normalized spacial score (nSPS) is 21.2. The van der Waals surface area contributed by atoms with E-state index < -0.39 is 11.7 Å². The highest BCUT2D eigenvalue weighted by Gasteiger charge is 2.25. The highest BCUT2D eigenvalue weighted by molar-refractivity contribution is 5.93. The Kier molecular flexibility index (Phi) is 4.01. The molecular weight excluding hydrogens is 249 g/mol. The predicted molar refractivity (Wildman–Crippen MR) is 70.5 cm³/mol. The molecule has 0 spiro atoms. The quantitative estimate of drug-likeness (QED) is 0.834. The fourth-order valence-electron chi connectivity index (χ4n) is 2.13. The van der Waals surface area contributed by atoms with Gasteiger partial charge in [-0.2, -0.15) is 0 Å². The average molecular weight is 267 g/mol. The van der Waals surface area contributed by atoms with Crippen LogP contribution in [0.25, 0.3) is 0 Å². The van der Waals surface area contributed by atoms with Crippen molar-refractivity contribution in [3.8, 4) is 0 Å². The van der Waals surface area contributed by atoms with Crippen LogP contribution >= 0.6 is 0 Å². The van der Waals surface area contributed by atoms with Gasteiger partial charge in [0.15, 0.2) is 0 Å². The van der Waals surface area contributed by atoms with Gasteiger partial charge in [0.2, 0.25) is 5.91 Å². The van der Waals surface area contributed by atoms with Gasteiger partial charge in [0.25, 0.3) is 0 Å². The summed E-state index contributed by atoms with van der Waals surface area (Å²) in [6.45, 7) is 3.49. The standard InChI is InChI=1S/C13H18FN3O2/c1-8(15)12-7-17(4-5-19-12)11-3-2-9(13(16)18)6-10(11)14/h2-3,6,8,12H,4-5,7,15H2,1H3,(H2,16,18). The van der Waals surface area contributed by atoms with Crippen LogP contribution in [0.3, 0.4) is 0 Å². The molecule has 0 radical (unpaired) electrons. The van der Waals surface area contributed by atoms with Gasteiger partial charge in [-0.15, -0.1) is 0 Å². The number of nitrogens with two attached hydrogens (primary N) is 2. The molecule has 0 saturated carbocycles. The van der Waals surface area contributed by atoms with E-state index in [-0.39, 0.29) is 17.7 Å². The van der Waals surface area contributed by atoms with Crippen LogP contribution in [0.1, 0.15) is 17.3 Å². The molecule has 1 aromatic rings. The first kappa shape index (κ1) is 13.8. The maximum Gasteiger partial charge on any atom is 0.248 e. The van der Waals surface area contributed by atoms with Crippen molar-refractivity contribution < 1.29 is 13.9 Å². The Hall–Kier alpha value is -1.66. The molecule has 1 heterocycles. The molecule has 19 heavy (non-hydrogen) atoms. The molecule has 1 aromatic carbocycles. The van der Waals surface area contributed by atoms with Crippen molar-refractivity contribution in [3.05, 3.63) is 29.6 Å². The fraction of sp³-hybridized carbons (Fsp3) is 0.462. The maximum absolute atomic E-state index is 14.0. The van der Waals surface area contributed by atoms with Crippen molar-refractivity contribution in [1.82, 2.24) is 0 Å². The number of nitrogens with zero attached hydrogens (tertiary/aromatic N) is 1. The van der Waals surface area contributed by atoms with E-state index in [9.17, 15) is 9.18 Å². The minimum absolute atomic E-state index is 0.115. The number of carbonyl (C=O) groups is 1. The summed E-state index contributed by atoms with van der Waals surface area (Å²) in [5.74, 6) is -1.09. The van der Waals surface area contributed by atoms with E-state index in [4.69, 9.17) is 16.2 Å². The summed E-state index contributed by atoms with van der Waals surface area (Å²) in [5.41, 5.74) is 11.5. The van der Waals surface area contributed by atoms with Gasteiger partial charge in [-0.3, -0.25) is 4.79 Å². The first-order valence-electron chi connectivity index (χ1n) is 6.20. The molecule has 2 unspecified atom stereocenters. The second-order valence-electron chi connectivity index (χ2n) is 4.74. The zero-order valence-corrected chi connectivity index (χ0v) is 10.8. The van der Waals surface area contributed by atoms with Gasteiger partial charge in [-0.1, -0.05) is 0 Å². The number of rotatable bonds is 3. The Balaban J connectivity index is 2.19. The lowest BCUT2D eigenvalue weighted by molar-refractivity contribution is 0.0274. The summed E-state index contributed by atoms with van der Waals surface area (Å²) in [6, 6.07) is 4.14. The molecule has 1 saturated heterocycles. The first-order valence-corrected chi connectivity index (χ1v) is 6.20. The zero-order valence-electron chi connectivity index (χ0n) is 10.8. The van der Waals surface area contributed by atoms with Crippen molar-refractivity contribution in [2.45, 2.75) is 19.1 Å². The molecule has 5 nitrogen and oxygen atoms in total. The van der Waals surface area contributed by atoms with Gasteiger partial charge in [0, 0.05) is 24.7 Å². The second-order valence-corrected chi connectivity index (χ2v) is 4.74. The molecule has 4 N–H and O–H groups in total. The van der Waals surface area contributed by atoms with Gasteiger partial charge < -0.3 is 21.1 Å². The summed E-state index contributed by atoms with van der Waals surface area (Å²) in [6.07, 6.45) is -0.121. The Morgan fingerprint density at radius 2 is 2.32 bits per heavy atom. The summed E-state index contributed by atoms with van der Waals surface area (Å²) < 4.78 is 19.5. The Bertz CT molecular complexity index is 479. The van der Waals surface area contributed by atoms with Crippen LogP contribution in [0.5, 0.6) is 0 Å². The Labute approximate surface area is 111 Å². The number of primary amides is 1. The lowest BCUT2D eigenvalue weighted by Gasteiger charge is -2.36. The smallest absolute Gasteiger partial charge is 0.248 e. The molecule has 0 bridgehead atoms. The molecule has 0 aromatic heterocycles. The zero-order chi connectivity index (χ0) is 14.0. The largest absolute Gasteiger partial charge is 0.373 e. The highest BCUT2D eigenvalue weighted by Crippen LogP contribution is 2.23. The van der Waals surface area contributed by atoms with Crippen LogP contribution in [0.2, 0.25) is 0 Å². The SMILES string of the molecule is CC(N)C1CN(c2ccc(C(N)=O)cc2F)CCO1. The summed E-state index contributed by atoms with van der Waals surface area (Å²) in [4.78, 5) is 12.9. The van der Waals surface area contributed by atoms with Gasteiger partial charge in [0.1, 0.15) is 5.82 Å². The molecule has 0 aliphatic carbocycles. The van der Waals surface area contributed by atoms with Crippen molar-refractivity contribution in [2.24, 2.45) is 11.5 Å². The average Bonchev–Trinajstić information content (AvgIpc) is 2.38. The first-order chi connectivity index (χ1) is 8.99. The van der Waals surface area contributed by atoms with Gasteiger partial charge in [-0.05, 0) is 25.1 Å². The molecule has 6 heteroatoms. The Morgan fingerprint density at radius 1 is 1.58 bits per heavy atom. The molecule has 2 atom stereocenters. The van der Waals surface area contributed by atoms with E-state index in [1.54, 1.807) is 6.07 Å². The monoisotopic (exact) mass is 267 g/mol. The number of hydrogen-bond donors (Lipinski definition) is 2. The fourth-order valence-corrected chi connectivity index (χ4v) is 2.13. The number of amides is 1. The van der Waals surface area contributed by atoms with E-state index in [0.717, 1.165) is 6.07 Å². The molecule has 1 fully saturated rings. The number of carbonyl (C=O) groups excluding carboxylic acids is 1. The highest BCUT2D eigenvalue weighted by atomic mass is 19.1. The molecular formula is C13H18FN3O2. The van der Waals surface area contributed by atoms with E-state index >= 15 is 0 Å². The molecule has 1 amide bonds. The minimum atomic E-state index is -0.638. The lowest BCUT2D eigenvalue weighted by atomic mass is 10.1. The van der Waals surface area contributed by atoms with Crippen LogP contribution in [0, 0.1) is 5.82 Å². The van der Waals surface area contributed by atoms with Crippen molar-refractivity contribution in [1.29, 1.82) is 0 Å². The molecule has 104 valence electrons. The summed E-state index contributed by atoms with van der Waals surface area (Å²) >= 11 is 0. The maximum atomic E-state index is 14.0. The third-order valence-electron chi connectivity index (χ3n) is 3.25. The van der Waals surface area contributed by atoms with Crippen LogP contribution in [0.4, 0.5) is 10.1 Å². The summed E-state index contributed by atoms with van der Waals surface area (Å²) in [7, 11) is 0. The topological polar surface area (TPSA) is 81.6 Å². The van der Waals surface area contributed by atoms with E-state index in [1.807, 2.05) is 11.8 Å². The third kappa shape index (κ3) is 3.02. The molecule has 1 aliphatic heterocycles. The number of morpholine rings is 1. The number of ether oxygens (including phenoxy) is 1. The number of hydrogen-bond acceptors (Lipinski definition) is 4. The number of benzene rings is 1. The van der Waals surface area contributed by atoms with E-state index in [2.05, 4.69) is 0 Å². The van der Waals surface area contributed by atoms with Crippen LogP contribution in [-0.2, 0) is 4.74 Å². The van der Waals surface area contributed by atoms with Crippen LogP contribution in [0.15, 0.2) is 18.2 Å². The number of anilines is 1. The minimum Gasteiger partial charge on any atom is -0.373 e. The van der Waals surface area contributed by atoms with Crippen molar-refractivity contribution in [3.63, 3.8) is 0 Å². The lowest BCUT2D eigenvalue weighted by Crippen LogP contribution is -2.49. The van der Waals surface area contributed by atoms with Crippen LogP contribution < -0.4 is 16.4 Å². The number of halogens is 1. The van der Waals surface area contributed by atoms with Crippen molar-refractivity contribution in [2.75, 3.05) is 24.6 Å². The molecule has 1 aliphatic rings. The second kappa shape index (κ2) is 5.54. The molecule has 2 rings (SSSR count). The van der Waals surface area contributed by atoms with Gasteiger partial charge in [0.05, 0.1) is 18.4 Å². The van der Waals surface area contributed by atoms with Crippen LogP contribution in [-0.4, -0.2) is 37.7 Å².